The van der Waals surface area contributed by atoms with Gasteiger partial charge in [0.05, 0.1) is 7.11 Å². The fraction of sp³-hybridized carbons (Fsp3) is 0.588. The summed E-state index contributed by atoms with van der Waals surface area (Å²) in [6.07, 6.45) is 8.26. The van der Waals surface area contributed by atoms with Crippen LogP contribution >= 0.6 is 22.6 Å². The Morgan fingerprint density at radius 3 is 2.40 bits per heavy atom. The Labute approximate surface area is 136 Å². The first kappa shape index (κ1) is 17.5. The van der Waals surface area contributed by atoms with Gasteiger partial charge < -0.3 is 4.74 Å². The zero-order valence-corrected chi connectivity index (χ0v) is 14.7. The summed E-state index contributed by atoms with van der Waals surface area (Å²) in [5.41, 5.74) is 0.790. The molecule has 0 aliphatic rings. The minimum absolute atomic E-state index is 0.237. The number of Topliss-reactive ketones (excluding diaryl/α,β-unsaturated/α-hetero) is 1. The number of ether oxygens (including phenoxy) is 1. The summed E-state index contributed by atoms with van der Waals surface area (Å²) >= 11 is 2.41. The molecule has 0 bridgehead atoms. The van der Waals surface area contributed by atoms with Crippen LogP contribution in [0.2, 0.25) is 0 Å². The third-order valence-electron chi connectivity index (χ3n) is 3.44. The van der Waals surface area contributed by atoms with Gasteiger partial charge in [-0.2, -0.15) is 0 Å². The second-order valence-corrected chi connectivity index (χ2v) is 6.92. The number of alkyl halides is 1. The van der Waals surface area contributed by atoms with Crippen LogP contribution in [0.15, 0.2) is 24.3 Å². The molecule has 1 aromatic carbocycles. The number of carbonyl (C=O) groups excluding carboxylic acids is 1. The number of unbranched alkanes of at least 4 members (excludes halogenated alkanes) is 4. The van der Waals surface area contributed by atoms with Crippen molar-refractivity contribution in [3.63, 3.8) is 0 Å². The van der Waals surface area contributed by atoms with Gasteiger partial charge in [-0.3, -0.25) is 4.79 Å². The average molecular weight is 388 g/mol. The van der Waals surface area contributed by atoms with Gasteiger partial charge in [0.2, 0.25) is 0 Å². The van der Waals surface area contributed by atoms with Gasteiger partial charge in [0.15, 0.2) is 5.78 Å². The summed E-state index contributed by atoms with van der Waals surface area (Å²) in [6.45, 7) is 2.23. The number of carbonyl (C=O) groups is 1. The van der Waals surface area contributed by atoms with Crippen molar-refractivity contribution in [1.82, 2.24) is 0 Å². The van der Waals surface area contributed by atoms with Crippen LogP contribution in [-0.2, 0) is 0 Å². The molecular formula is C17H25IO2. The van der Waals surface area contributed by atoms with E-state index in [1.165, 1.54) is 32.1 Å². The molecule has 20 heavy (non-hydrogen) atoms. The van der Waals surface area contributed by atoms with E-state index < -0.39 is 0 Å². The summed E-state index contributed by atoms with van der Waals surface area (Å²) in [7, 11) is 1.64. The fourth-order valence-corrected chi connectivity index (χ4v) is 3.01. The zero-order chi connectivity index (χ0) is 14.8. The Morgan fingerprint density at radius 2 is 1.80 bits per heavy atom. The van der Waals surface area contributed by atoms with E-state index in [-0.39, 0.29) is 5.78 Å². The summed E-state index contributed by atoms with van der Waals surface area (Å²) in [4.78, 5) is 12.1. The van der Waals surface area contributed by atoms with Crippen LogP contribution in [0, 0.1) is 0 Å². The highest BCUT2D eigenvalue weighted by molar-refractivity contribution is 14.1. The molecule has 0 aromatic heterocycles. The number of hydrogen-bond donors (Lipinski definition) is 0. The lowest BCUT2D eigenvalue weighted by Crippen LogP contribution is -2.08. The fourth-order valence-electron chi connectivity index (χ4n) is 2.17. The van der Waals surface area contributed by atoms with Crippen molar-refractivity contribution in [2.45, 2.75) is 55.8 Å². The predicted molar refractivity (Wildman–Crippen MR) is 93.1 cm³/mol. The second kappa shape index (κ2) is 10.2. The highest BCUT2D eigenvalue weighted by atomic mass is 127. The Hall–Kier alpha value is -0.580. The van der Waals surface area contributed by atoms with Crippen molar-refractivity contribution < 1.29 is 9.53 Å². The molecular weight excluding hydrogens is 363 g/mol. The smallest absolute Gasteiger partial charge is 0.163 e. The first-order valence-electron chi connectivity index (χ1n) is 7.48. The van der Waals surface area contributed by atoms with E-state index in [0.29, 0.717) is 10.3 Å². The standard InChI is InChI=1S/C17H25IO2/c1-3-4-5-6-7-8-15(18)13-17(19)14-9-11-16(20-2)12-10-14/h9-12,15H,3-8,13H2,1-2H3. The van der Waals surface area contributed by atoms with E-state index >= 15 is 0 Å². The minimum Gasteiger partial charge on any atom is -0.497 e. The first-order chi connectivity index (χ1) is 9.67. The normalized spacial score (nSPS) is 12.2. The number of benzene rings is 1. The number of rotatable bonds is 10. The number of hydrogen-bond acceptors (Lipinski definition) is 2. The lowest BCUT2D eigenvalue weighted by molar-refractivity contribution is 0.0982. The van der Waals surface area contributed by atoms with Crippen LogP contribution in [0.5, 0.6) is 5.75 Å². The topological polar surface area (TPSA) is 26.3 Å². The maximum atomic E-state index is 12.1. The van der Waals surface area contributed by atoms with Gasteiger partial charge in [-0.05, 0) is 30.7 Å². The van der Waals surface area contributed by atoms with Crippen LogP contribution in [0.4, 0.5) is 0 Å². The van der Waals surface area contributed by atoms with Crippen molar-refractivity contribution in [1.29, 1.82) is 0 Å². The van der Waals surface area contributed by atoms with Gasteiger partial charge in [0.1, 0.15) is 5.75 Å². The van der Waals surface area contributed by atoms with Crippen LogP contribution in [-0.4, -0.2) is 16.8 Å². The molecule has 0 fully saturated rings. The van der Waals surface area contributed by atoms with Crippen molar-refractivity contribution in [3.05, 3.63) is 29.8 Å². The summed E-state index contributed by atoms with van der Waals surface area (Å²) < 4.78 is 5.55. The van der Waals surface area contributed by atoms with Gasteiger partial charge in [0.25, 0.3) is 0 Å². The van der Waals surface area contributed by atoms with E-state index in [1.54, 1.807) is 7.11 Å². The molecule has 0 radical (unpaired) electrons. The molecule has 0 heterocycles. The first-order valence-corrected chi connectivity index (χ1v) is 8.73. The summed E-state index contributed by atoms with van der Waals surface area (Å²) in [5, 5.41) is 0. The Bertz CT molecular complexity index is 386. The lowest BCUT2D eigenvalue weighted by atomic mass is 10.0. The molecule has 1 atom stereocenters. The maximum Gasteiger partial charge on any atom is 0.163 e. The second-order valence-electron chi connectivity index (χ2n) is 5.16. The van der Waals surface area contributed by atoms with Gasteiger partial charge in [0, 0.05) is 15.9 Å². The van der Waals surface area contributed by atoms with Crippen molar-refractivity contribution in [3.8, 4) is 5.75 Å². The van der Waals surface area contributed by atoms with E-state index in [1.807, 2.05) is 24.3 Å². The third-order valence-corrected chi connectivity index (χ3v) is 4.50. The average Bonchev–Trinajstić information content (AvgIpc) is 2.47. The Kier molecular flexibility index (Phi) is 8.90. The van der Waals surface area contributed by atoms with E-state index in [2.05, 4.69) is 29.5 Å². The molecule has 3 heteroatoms. The summed E-state index contributed by atoms with van der Waals surface area (Å²) in [6, 6.07) is 7.40. The number of methoxy groups -OCH3 is 1. The largest absolute Gasteiger partial charge is 0.497 e. The minimum atomic E-state index is 0.237. The molecule has 0 amide bonds. The Morgan fingerprint density at radius 1 is 1.15 bits per heavy atom. The van der Waals surface area contributed by atoms with Crippen LogP contribution in [0.1, 0.15) is 62.2 Å². The maximum absolute atomic E-state index is 12.1. The molecule has 0 saturated carbocycles. The predicted octanol–water partition coefficient (Wildman–Crippen LogP) is 5.43. The molecule has 0 aliphatic carbocycles. The van der Waals surface area contributed by atoms with Crippen molar-refractivity contribution >= 4 is 28.4 Å². The van der Waals surface area contributed by atoms with Crippen LogP contribution < -0.4 is 4.74 Å². The molecule has 1 aromatic rings. The van der Waals surface area contributed by atoms with E-state index in [9.17, 15) is 4.79 Å². The molecule has 0 saturated heterocycles. The SMILES string of the molecule is CCCCCCCC(I)CC(=O)c1ccc(OC)cc1. The molecule has 2 nitrogen and oxygen atoms in total. The van der Waals surface area contributed by atoms with Gasteiger partial charge in [-0.25, -0.2) is 0 Å². The summed E-state index contributed by atoms with van der Waals surface area (Å²) in [5.74, 6) is 1.03. The Balaban J connectivity index is 2.29. The third kappa shape index (κ3) is 6.73. The van der Waals surface area contributed by atoms with E-state index in [4.69, 9.17) is 4.74 Å². The van der Waals surface area contributed by atoms with E-state index in [0.717, 1.165) is 17.7 Å². The van der Waals surface area contributed by atoms with Crippen molar-refractivity contribution in [2.75, 3.05) is 7.11 Å². The van der Waals surface area contributed by atoms with Gasteiger partial charge >= 0.3 is 0 Å². The molecule has 0 aliphatic heterocycles. The zero-order valence-electron chi connectivity index (χ0n) is 12.5. The number of halogens is 1. The van der Waals surface area contributed by atoms with Gasteiger partial charge in [-0.15, -0.1) is 0 Å². The van der Waals surface area contributed by atoms with Crippen LogP contribution in [0.25, 0.3) is 0 Å². The quantitative estimate of drug-likeness (QED) is 0.231. The van der Waals surface area contributed by atoms with Crippen LogP contribution in [0.3, 0.4) is 0 Å². The molecule has 0 spiro atoms. The molecule has 112 valence electrons. The highest BCUT2D eigenvalue weighted by Crippen LogP contribution is 2.20. The molecule has 1 rings (SSSR count). The lowest BCUT2D eigenvalue weighted by Gasteiger charge is -2.09. The molecule has 1 unspecified atom stereocenters. The monoisotopic (exact) mass is 388 g/mol. The molecule has 0 N–H and O–H groups in total. The van der Waals surface area contributed by atoms with Crippen molar-refractivity contribution in [2.24, 2.45) is 0 Å². The number of ketones is 1. The highest BCUT2D eigenvalue weighted by Gasteiger charge is 2.12. The van der Waals surface area contributed by atoms with Gasteiger partial charge in [-0.1, -0.05) is 61.6 Å².